The molecule has 1 aromatic rings. The van der Waals surface area contributed by atoms with Crippen molar-refractivity contribution in [1.29, 1.82) is 0 Å². The maximum absolute atomic E-state index is 9.90. The highest BCUT2D eigenvalue weighted by Crippen LogP contribution is 2.43. The molecule has 5 heteroatoms. The van der Waals surface area contributed by atoms with E-state index in [1.54, 1.807) is 6.07 Å². The zero-order valence-corrected chi connectivity index (χ0v) is 13.1. The van der Waals surface area contributed by atoms with Crippen LogP contribution in [-0.4, -0.2) is 23.4 Å². The molecule has 2 aliphatic rings. The van der Waals surface area contributed by atoms with E-state index in [1.165, 1.54) is 0 Å². The molecule has 1 N–H and O–H groups in total. The first-order valence-electron chi connectivity index (χ1n) is 7.09. The lowest BCUT2D eigenvalue weighted by atomic mass is 9.74. The van der Waals surface area contributed by atoms with Crippen molar-refractivity contribution in [2.24, 2.45) is 0 Å². The average Bonchev–Trinajstić information content (AvgIpc) is 3.11. The third-order valence-corrected chi connectivity index (χ3v) is 4.98. The summed E-state index contributed by atoms with van der Waals surface area (Å²) in [6.07, 6.45) is 2.32. The normalized spacial score (nSPS) is 24.1. The van der Waals surface area contributed by atoms with Crippen LogP contribution in [0.1, 0.15) is 52.0 Å². The van der Waals surface area contributed by atoms with Gasteiger partial charge in [-0.25, -0.2) is 0 Å². The zero-order chi connectivity index (χ0) is 14.7. The van der Waals surface area contributed by atoms with E-state index in [4.69, 9.17) is 20.9 Å². The van der Waals surface area contributed by atoms with Gasteiger partial charge < -0.3 is 14.4 Å². The smallest absolute Gasteiger partial charge is 0.495 e. The van der Waals surface area contributed by atoms with Gasteiger partial charge in [-0.3, -0.25) is 0 Å². The summed E-state index contributed by atoms with van der Waals surface area (Å²) in [5.74, 6) is 0.600. The summed E-state index contributed by atoms with van der Waals surface area (Å²) in [7, 11) is -0.446. The number of phenolic OH excluding ortho intramolecular Hbond substituents is 1. The number of aromatic hydroxyl groups is 1. The number of benzene rings is 1. The third-order valence-electron chi connectivity index (χ3n) is 4.68. The minimum atomic E-state index is -0.446. The molecule has 0 atom stereocenters. The van der Waals surface area contributed by atoms with Crippen molar-refractivity contribution in [3.05, 3.63) is 22.7 Å². The minimum Gasteiger partial charge on any atom is -0.506 e. The van der Waals surface area contributed by atoms with Gasteiger partial charge in [0.05, 0.1) is 16.2 Å². The number of rotatable bonds is 2. The first-order chi connectivity index (χ1) is 9.21. The Morgan fingerprint density at radius 1 is 1.15 bits per heavy atom. The van der Waals surface area contributed by atoms with Crippen LogP contribution in [0.15, 0.2) is 12.1 Å². The first kappa shape index (κ1) is 14.2. The second-order valence-electron chi connectivity index (χ2n) is 6.80. The summed E-state index contributed by atoms with van der Waals surface area (Å²) in [6.45, 7) is 8.11. The Balaban J connectivity index is 2.01. The van der Waals surface area contributed by atoms with Gasteiger partial charge in [0.15, 0.2) is 0 Å². The number of halogens is 1. The summed E-state index contributed by atoms with van der Waals surface area (Å²) in [6, 6.07) is 3.55. The Bertz CT molecular complexity index is 536. The van der Waals surface area contributed by atoms with Crippen molar-refractivity contribution >= 4 is 24.2 Å². The third kappa shape index (κ3) is 2.24. The van der Waals surface area contributed by atoms with Gasteiger partial charge in [-0.05, 0) is 69.6 Å². The Morgan fingerprint density at radius 2 is 1.70 bits per heavy atom. The average molecular weight is 295 g/mol. The number of phenols is 1. The van der Waals surface area contributed by atoms with Crippen molar-refractivity contribution in [3.63, 3.8) is 0 Å². The Kier molecular flexibility index (Phi) is 3.13. The van der Waals surface area contributed by atoms with E-state index in [9.17, 15) is 5.11 Å². The van der Waals surface area contributed by atoms with Crippen LogP contribution in [0.25, 0.3) is 0 Å². The van der Waals surface area contributed by atoms with E-state index in [2.05, 4.69) is 0 Å². The molecule has 0 unspecified atom stereocenters. The molecule has 0 spiro atoms. The second-order valence-corrected chi connectivity index (χ2v) is 7.20. The molecular weight excluding hydrogens is 274 g/mol. The van der Waals surface area contributed by atoms with Crippen LogP contribution in [-0.2, 0) is 9.31 Å². The van der Waals surface area contributed by atoms with Crippen LogP contribution in [0.4, 0.5) is 0 Å². The Hall–Kier alpha value is -0.705. The maximum Gasteiger partial charge on any atom is 0.495 e. The van der Waals surface area contributed by atoms with E-state index in [1.807, 2.05) is 33.8 Å². The lowest BCUT2D eigenvalue weighted by molar-refractivity contribution is 0.00578. The minimum absolute atomic E-state index is 0.0841. The van der Waals surface area contributed by atoms with Crippen molar-refractivity contribution in [2.75, 3.05) is 0 Å². The van der Waals surface area contributed by atoms with Gasteiger partial charge in [0.1, 0.15) is 5.75 Å². The molecule has 3 rings (SSSR count). The predicted octanol–water partition coefficient (Wildman–Crippen LogP) is 3.22. The fraction of sp³-hybridized carbons (Fsp3) is 0.600. The quantitative estimate of drug-likeness (QED) is 0.851. The fourth-order valence-corrected chi connectivity index (χ4v) is 2.69. The molecule has 0 amide bonds. The lowest BCUT2D eigenvalue weighted by Gasteiger charge is -2.32. The molecule has 1 saturated carbocycles. The van der Waals surface area contributed by atoms with Gasteiger partial charge in [-0.15, -0.1) is 0 Å². The predicted molar refractivity (Wildman–Crippen MR) is 80.8 cm³/mol. The largest absolute Gasteiger partial charge is 0.506 e. The summed E-state index contributed by atoms with van der Waals surface area (Å²) >= 11 is 6.04. The highest BCUT2D eigenvalue weighted by atomic mass is 35.5. The number of hydrogen-bond acceptors (Lipinski definition) is 3. The summed E-state index contributed by atoms with van der Waals surface area (Å²) in [4.78, 5) is 0. The van der Waals surface area contributed by atoms with E-state index in [0.717, 1.165) is 23.9 Å². The van der Waals surface area contributed by atoms with Gasteiger partial charge >= 0.3 is 7.12 Å². The molecule has 0 bridgehead atoms. The highest BCUT2D eigenvalue weighted by molar-refractivity contribution is 6.63. The maximum atomic E-state index is 9.90. The summed E-state index contributed by atoms with van der Waals surface area (Å²) in [5, 5.41) is 10.3. The fourth-order valence-electron chi connectivity index (χ4n) is 2.52. The highest BCUT2D eigenvalue weighted by Gasteiger charge is 2.52. The lowest BCUT2D eigenvalue weighted by Crippen LogP contribution is -2.41. The molecule has 1 aliphatic heterocycles. The Morgan fingerprint density at radius 3 is 2.20 bits per heavy atom. The molecule has 1 aromatic carbocycles. The molecule has 1 aliphatic carbocycles. The van der Waals surface area contributed by atoms with Crippen molar-refractivity contribution < 1.29 is 14.4 Å². The van der Waals surface area contributed by atoms with Crippen LogP contribution in [0.3, 0.4) is 0 Å². The van der Waals surface area contributed by atoms with E-state index < -0.39 is 7.12 Å². The molecule has 1 saturated heterocycles. The molecule has 0 radical (unpaired) electrons. The number of hydrogen-bond donors (Lipinski definition) is 1. The molecular formula is C15H20BClO3. The van der Waals surface area contributed by atoms with E-state index >= 15 is 0 Å². The van der Waals surface area contributed by atoms with Crippen LogP contribution < -0.4 is 5.46 Å². The van der Waals surface area contributed by atoms with Crippen LogP contribution in [0.5, 0.6) is 5.75 Å². The Labute approximate surface area is 125 Å². The van der Waals surface area contributed by atoms with Crippen LogP contribution >= 0.6 is 11.6 Å². The van der Waals surface area contributed by atoms with Gasteiger partial charge in [-0.1, -0.05) is 11.6 Å². The van der Waals surface area contributed by atoms with Gasteiger partial charge in [0.25, 0.3) is 0 Å². The van der Waals surface area contributed by atoms with Crippen molar-refractivity contribution in [2.45, 2.75) is 57.7 Å². The van der Waals surface area contributed by atoms with E-state index in [0.29, 0.717) is 10.9 Å². The summed E-state index contributed by atoms with van der Waals surface area (Å²) in [5.41, 5.74) is 1.29. The molecule has 3 nitrogen and oxygen atoms in total. The topological polar surface area (TPSA) is 38.7 Å². The van der Waals surface area contributed by atoms with Gasteiger partial charge in [0.2, 0.25) is 0 Å². The van der Waals surface area contributed by atoms with Gasteiger partial charge in [-0.2, -0.15) is 0 Å². The molecule has 0 aromatic heterocycles. The van der Waals surface area contributed by atoms with E-state index in [-0.39, 0.29) is 17.0 Å². The summed E-state index contributed by atoms with van der Waals surface area (Å²) < 4.78 is 12.2. The van der Waals surface area contributed by atoms with Crippen LogP contribution in [0, 0.1) is 0 Å². The standard InChI is InChI=1S/C15H20BClO3/c1-14(2)15(3,4)20-16(19-14)11-8-13(18)12(17)7-10(11)9-5-6-9/h7-9,18H,5-6H2,1-4H3. The molecule has 20 heavy (non-hydrogen) atoms. The molecule has 2 fully saturated rings. The first-order valence-corrected chi connectivity index (χ1v) is 7.47. The van der Waals surface area contributed by atoms with Crippen molar-refractivity contribution in [1.82, 2.24) is 0 Å². The monoisotopic (exact) mass is 294 g/mol. The molecule has 108 valence electrons. The SMILES string of the molecule is CC1(C)OB(c2cc(O)c(Cl)cc2C2CC2)OC1(C)C. The molecule has 1 heterocycles. The van der Waals surface area contributed by atoms with Gasteiger partial charge in [0, 0.05) is 0 Å². The van der Waals surface area contributed by atoms with Crippen molar-refractivity contribution in [3.8, 4) is 5.75 Å². The van der Waals surface area contributed by atoms with Crippen LogP contribution in [0.2, 0.25) is 5.02 Å². The zero-order valence-electron chi connectivity index (χ0n) is 12.4. The second kappa shape index (κ2) is 4.39.